The van der Waals surface area contributed by atoms with Crippen molar-refractivity contribution in [1.29, 1.82) is 0 Å². The third kappa shape index (κ3) is 4.82. The summed E-state index contributed by atoms with van der Waals surface area (Å²) in [6, 6.07) is 23.8. The Morgan fingerprint density at radius 2 is 0.837 bits per heavy atom. The first-order valence-corrected chi connectivity index (χ1v) is 17.1. The van der Waals surface area contributed by atoms with Crippen molar-refractivity contribution in [3.8, 4) is 45.6 Å². The SMILES string of the molecule is O=S(=O)([O-])c1ccc2c3nc4nc(nc5[nH]c(nc6nc(nc([nH]3)c2c1S(=O)(=O)[O-])-c1ccccc1-6)c1ccccc51)-c1ccccc1-4.[Co+2]. The van der Waals surface area contributed by atoms with Crippen LogP contribution < -0.4 is 0 Å². The van der Waals surface area contributed by atoms with Gasteiger partial charge in [-0.05, 0) is 12.1 Å². The van der Waals surface area contributed by atoms with E-state index in [1.54, 1.807) is 36.4 Å². The maximum Gasteiger partial charge on any atom is 2.00 e. The van der Waals surface area contributed by atoms with E-state index in [1.807, 2.05) is 36.4 Å². The Kier molecular flexibility index (Phi) is 6.80. The standard InChI is InChI=1S/C32H18N8O6S2.Co/c41-47(42,43)22-14-13-21-23(24(22)48(44,45)46)32-39-30-20-12-6-5-11-19(20)28(37-30)35-26-16-8-2-1-7-15(16)25(33-26)34-27-17-9-3-4-10-18(17)29(36-27)38-31(21)40-32;/h1-14H,(H,41,42,43)(H,44,45,46)(H2,33,34,35,36,37,38,39,40);/q;+2/p-2. The molecular weight excluding hydrogens is 715 g/mol. The van der Waals surface area contributed by atoms with Crippen molar-refractivity contribution in [2.24, 2.45) is 0 Å². The molecule has 2 aliphatic heterocycles. The Labute approximate surface area is 286 Å². The minimum Gasteiger partial charge on any atom is -0.744 e. The zero-order valence-corrected chi connectivity index (χ0v) is 27.0. The van der Waals surface area contributed by atoms with E-state index in [0.717, 1.165) is 16.8 Å². The van der Waals surface area contributed by atoms with Gasteiger partial charge in [-0.3, -0.25) is 0 Å². The molecule has 0 saturated heterocycles. The number of hydrogen-bond donors (Lipinski definition) is 2. The summed E-state index contributed by atoms with van der Waals surface area (Å²) in [6.07, 6.45) is 0. The molecule has 5 heterocycles. The predicted molar refractivity (Wildman–Crippen MR) is 172 cm³/mol. The first kappa shape index (κ1) is 30.9. The fourth-order valence-corrected chi connectivity index (χ4v) is 8.07. The molecule has 241 valence electrons. The molecule has 0 atom stereocenters. The number of aromatic amines is 2. The van der Waals surface area contributed by atoms with Gasteiger partial charge >= 0.3 is 16.8 Å². The van der Waals surface area contributed by atoms with Crippen LogP contribution in [-0.2, 0) is 37.0 Å². The molecule has 8 bridgehead atoms. The van der Waals surface area contributed by atoms with Gasteiger partial charge in [0.25, 0.3) is 0 Å². The van der Waals surface area contributed by atoms with Gasteiger partial charge in [-0.2, -0.15) is 0 Å². The quantitative estimate of drug-likeness (QED) is 0.231. The topological polar surface area (TPSA) is 223 Å². The molecule has 49 heavy (non-hydrogen) atoms. The average molecular weight is 732 g/mol. The Morgan fingerprint density at radius 1 is 0.449 bits per heavy atom. The normalized spacial score (nSPS) is 12.4. The summed E-state index contributed by atoms with van der Waals surface area (Å²) in [4.78, 5) is 32.2. The molecule has 0 spiro atoms. The minimum absolute atomic E-state index is 0. The van der Waals surface area contributed by atoms with Gasteiger partial charge in [-0.15, -0.1) is 0 Å². The second-order valence-electron chi connectivity index (χ2n) is 11.0. The number of nitrogens with zero attached hydrogens (tertiary/aromatic N) is 6. The van der Waals surface area contributed by atoms with Gasteiger partial charge in [-0.25, -0.2) is 46.7 Å². The van der Waals surface area contributed by atoms with E-state index >= 15 is 0 Å². The third-order valence-electron chi connectivity index (χ3n) is 8.16. The van der Waals surface area contributed by atoms with E-state index in [2.05, 4.69) is 19.9 Å². The molecule has 9 rings (SSSR count). The molecule has 4 aromatic carbocycles. The summed E-state index contributed by atoms with van der Waals surface area (Å²) in [7, 11) is -11.0. The summed E-state index contributed by atoms with van der Waals surface area (Å²) >= 11 is 0. The van der Waals surface area contributed by atoms with Crippen LogP contribution in [0.25, 0.3) is 89.7 Å². The first-order valence-electron chi connectivity index (χ1n) is 14.2. The number of rotatable bonds is 2. The van der Waals surface area contributed by atoms with Crippen molar-refractivity contribution < 1.29 is 42.7 Å². The van der Waals surface area contributed by atoms with E-state index in [9.17, 15) is 25.9 Å². The summed E-state index contributed by atoms with van der Waals surface area (Å²) < 4.78 is 74.7. The fraction of sp³-hybridized carbons (Fsp3) is 0. The van der Waals surface area contributed by atoms with Gasteiger partial charge in [0.1, 0.15) is 42.8 Å². The van der Waals surface area contributed by atoms with E-state index < -0.39 is 35.4 Å². The Bertz CT molecular complexity index is 2980. The van der Waals surface area contributed by atoms with Crippen molar-refractivity contribution in [2.45, 2.75) is 9.79 Å². The molecule has 3 aromatic heterocycles. The van der Waals surface area contributed by atoms with E-state index in [4.69, 9.17) is 19.9 Å². The van der Waals surface area contributed by atoms with Crippen LogP contribution in [0.1, 0.15) is 0 Å². The summed E-state index contributed by atoms with van der Waals surface area (Å²) in [5, 5.41) is 1.13. The number of benzene rings is 4. The zero-order valence-electron chi connectivity index (χ0n) is 24.4. The van der Waals surface area contributed by atoms with E-state index in [0.29, 0.717) is 39.4 Å². The van der Waals surface area contributed by atoms with Crippen molar-refractivity contribution in [3.05, 3.63) is 84.9 Å². The molecule has 7 aromatic rings. The van der Waals surface area contributed by atoms with Crippen molar-refractivity contribution in [2.75, 3.05) is 0 Å². The summed E-state index contributed by atoms with van der Waals surface area (Å²) in [5.74, 6) is 0.876. The van der Waals surface area contributed by atoms with Gasteiger partial charge in [0.05, 0.1) is 9.79 Å². The van der Waals surface area contributed by atoms with Crippen LogP contribution in [0, 0.1) is 0 Å². The maximum atomic E-state index is 12.7. The minimum atomic E-state index is -5.56. The van der Waals surface area contributed by atoms with Crippen molar-refractivity contribution >= 4 is 64.4 Å². The van der Waals surface area contributed by atoms with Crippen molar-refractivity contribution in [3.63, 3.8) is 0 Å². The molecule has 2 aliphatic rings. The molecule has 0 unspecified atom stereocenters. The average Bonchev–Trinajstić information content (AvgIpc) is 3.79. The molecular formula is C32H16CoN8O6S2. The van der Waals surface area contributed by atoms with Crippen LogP contribution in [-0.4, -0.2) is 65.8 Å². The smallest absolute Gasteiger partial charge is 0.744 e. The van der Waals surface area contributed by atoms with Crippen molar-refractivity contribution in [1.82, 2.24) is 39.9 Å². The Hall–Kier alpha value is -5.43. The Balaban J connectivity index is 0.00000348. The molecule has 2 N–H and O–H groups in total. The number of H-pyrrole nitrogens is 2. The van der Waals surface area contributed by atoms with Crippen LogP contribution in [0.5, 0.6) is 0 Å². The zero-order chi connectivity index (χ0) is 32.9. The van der Waals surface area contributed by atoms with Crippen LogP contribution in [0.4, 0.5) is 0 Å². The van der Waals surface area contributed by atoms with Gasteiger partial charge < -0.3 is 19.1 Å². The van der Waals surface area contributed by atoms with Crippen LogP contribution >= 0.6 is 0 Å². The molecule has 0 saturated carbocycles. The Morgan fingerprint density at radius 3 is 1.27 bits per heavy atom. The van der Waals surface area contributed by atoms with Crippen LogP contribution in [0.3, 0.4) is 0 Å². The molecule has 17 heteroatoms. The maximum absolute atomic E-state index is 12.7. The van der Waals surface area contributed by atoms with Crippen LogP contribution in [0.2, 0.25) is 0 Å². The second kappa shape index (κ2) is 10.8. The molecule has 0 amide bonds. The van der Waals surface area contributed by atoms with Gasteiger partial charge in [-0.1, -0.05) is 72.8 Å². The summed E-state index contributed by atoms with van der Waals surface area (Å²) in [5.41, 5.74) is 3.08. The van der Waals surface area contributed by atoms with Crippen LogP contribution in [0.15, 0.2) is 94.7 Å². The number of aromatic nitrogens is 8. The van der Waals surface area contributed by atoms with Gasteiger partial charge in [0, 0.05) is 43.8 Å². The molecule has 1 radical (unpaired) electrons. The monoisotopic (exact) mass is 731 g/mol. The molecule has 0 fully saturated rings. The fourth-order valence-electron chi connectivity index (χ4n) is 6.13. The van der Waals surface area contributed by atoms with E-state index in [1.165, 1.54) is 6.07 Å². The number of hydrogen-bond acceptors (Lipinski definition) is 12. The summed E-state index contributed by atoms with van der Waals surface area (Å²) in [6.45, 7) is 0. The third-order valence-corrected chi connectivity index (χ3v) is 10.1. The second-order valence-corrected chi connectivity index (χ2v) is 13.6. The largest absolute Gasteiger partial charge is 2.00 e. The predicted octanol–water partition coefficient (Wildman–Crippen LogP) is 4.67. The number of fused-ring (bicyclic) bond motifs is 20. The van der Waals surface area contributed by atoms with Gasteiger partial charge in [0.2, 0.25) is 0 Å². The van der Waals surface area contributed by atoms with E-state index in [-0.39, 0.29) is 50.9 Å². The molecule has 0 aliphatic carbocycles. The molecule has 14 nitrogen and oxygen atoms in total. The van der Waals surface area contributed by atoms with Gasteiger partial charge in [0.15, 0.2) is 23.3 Å². The first-order chi connectivity index (χ1) is 23.0. The number of nitrogens with one attached hydrogen (secondary N) is 2.